The molecule has 0 spiro atoms. The number of H-pyrrole nitrogens is 1. The van der Waals surface area contributed by atoms with Gasteiger partial charge in [0.05, 0.1) is 6.61 Å². The lowest BCUT2D eigenvalue weighted by Crippen LogP contribution is -2.25. The maximum atomic E-state index is 11.8. The SMILES string of the molecule is NC(=O)OCCCCNC(=O)CCc1c[nH]c2ccccc12. The lowest BCUT2D eigenvalue weighted by Gasteiger charge is -2.05. The number of amides is 2. The molecule has 1 heterocycles. The van der Waals surface area contributed by atoms with E-state index in [1.54, 1.807) is 0 Å². The third kappa shape index (κ3) is 4.80. The van der Waals surface area contributed by atoms with Crippen molar-refractivity contribution in [2.75, 3.05) is 13.2 Å². The Labute approximate surface area is 129 Å². The topological polar surface area (TPSA) is 97.2 Å². The minimum Gasteiger partial charge on any atom is -0.450 e. The van der Waals surface area contributed by atoms with Crippen LogP contribution in [0.3, 0.4) is 0 Å². The number of hydrogen-bond acceptors (Lipinski definition) is 3. The monoisotopic (exact) mass is 303 g/mol. The van der Waals surface area contributed by atoms with Crippen molar-refractivity contribution < 1.29 is 14.3 Å². The Balaban J connectivity index is 1.64. The average Bonchev–Trinajstić information content (AvgIpc) is 2.91. The number of aryl methyl sites for hydroxylation is 1. The summed E-state index contributed by atoms with van der Waals surface area (Å²) in [5.74, 6) is 0.0288. The first-order valence-electron chi connectivity index (χ1n) is 7.41. The van der Waals surface area contributed by atoms with Crippen molar-refractivity contribution in [3.8, 4) is 0 Å². The predicted molar refractivity (Wildman–Crippen MR) is 84.4 cm³/mol. The fourth-order valence-electron chi connectivity index (χ4n) is 2.30. The van der Waals surface area contributed by atoms with Crippen LogP contribution in [0, 0.1) is 0 Å². The number of nitrogens with one attached hydrogen (secondary N) is 2. The highest BCUT2D eigenvalue weighted by atomic mass is 16.5. The molecular weight excluding hydrogens is 282 g/mol. The number of aromatic amines is 1. The zero-order chi connectivity index (χ0) is 15.8. The molecule has 0 atom stereocenters. The molecule has 0 bridgehead atoms. The maximum Gasteiger partial charge on any atom is 0.404 e. The first kappa shape index (κ1) is 15.9. The molecule has 0 saturated carbocycles. The molecule has 118 valence electrons. The number of carbonyl (C=O) groups is 2. The molecule has 2 rings (SSSR count). The minimum absolute atomic E-state index is 0.0288. The van der Waals surface area contributed by atoms with Crippen LogP contribution in [0.15, 0.2) is 30.5 Å². The van der Waals surface area contributed by atoms with E-state index in [-0.39, 0.29) is 5.91 Å². The smallest absolute Gasteiger partial charge is 0.404 e. The van der Waals surface area contributed by atoms with E-state index in [9.17, 15) is 9.59 Å². The molecule has 0 radical (unpaired) electrons. The van der Waals surface area contributed by atoms with Gasteiger partial charge in [-0.2, -0.15) is 0 Å². The average molecular weight is 303 g/mol. The van der Waals surface area contributed by atoms with Gasteiger partial charge in [0.2, 0.25) is 5.91 Å². The van der Waals surface area contributed by atoms with E-state index >= 15 is 0 Å². The van der Waals surface area contributed by atoms with Gasteiger partial charge in [-0.25, -0.2) is 4.79 Å². The largest absolute Gasteiger partial charge is 0.450 e. The number of carbonyl (C=O) groups excluding carboxylic acids is 2. The first-order valence-corrected chi connectivity index (χ1v) is 7.41. The van der Waals surface area contributed by atoms with E-state index in [4.69, 9.17) is 5.73 Å². The molecule has 6 nitrogen and oxygen atoms in total. The van der Waals surface area contributed by atoms with Crippen molar-refractivity contribution in [3.05, 3.63) is 36.0 Å². The number of hydrogen-bond donors (Lipinski definition) is 3. The van der Waals surface area contributed by atoms with E-state index in [0.717, 1.165) is 17.5 Å². The summed E-state index contributed by atoms with van der Waals surface area (Å²) in [6.07, 6.45) is 3.81. The molecule has 0 aliphatic heterocycles. The standard InChI is InChI=1S/C16H21N3O3/c17-16(21)22-10-4-3-9-18-15(20)8-7-12-11-19-14-6-2-1-5-13(12)14/h1-2,5-6,11,19H,3-4,7-10H2,(H2,17,21)(H,18,20). The van der Waals surface area contributed by atoms with Crippen molar-refractivity contribution in [1.29, 1.82) is 0 Å². The zero-order valence-electron chi connectivity index (χ0n) is 12.4. The Hall–Kier alpha value is -2.50. The second-order valence-corrected chi connectivity index (χ2v) is 5.08. The number of nitrogens with two attached hydrogens (primary N) is 1. The molecule has 4 N–H and O–H groups in total. The van der Waals surface area contributed by atoms with Crippen LogP contribution in [0.4, 0.5) is 4.79 Å². The summed E-state index contributed by atoms with van der Waals surface area (Å²) in [6, 6.07) is 8.05. The number of primary amides is 1. The summed E-state index contributed by atoms with van der Waals surface area (Å²) in [5.41, 5.74) is 7.09. The lowest BCUT2D eigenvalue weighted by molar-refractivity contribution is -0.121. The van der Waals surface area contributed by atoms with Crippen LogP contribution in [-0.2, 0) is 16.0 Å². The summed E-state index contributed by atoms with van der Waals surface area (Å²) < 4.78 is 4.61. The van der Waals surface area contributed by atoms with E-state index in [0.29, 0.717) is 32.4 Å². The molecule has 0 fully saturated rings. The van der Waals surface area contributed by atoms with Crippen LogP contribution >= 0.6 is 0 Å². The number of unbranched alkanes of at least 4 members (excludes halogenated alkanes) is 1. The van der Waals surface area contributed by atoms with Gasteiger partial charge in [0.15, 0.2) is 0 Å². The second-order valence-electron chi connectivity index (χ2n) is 5.08. The van der Waals surface area contributed by atoms with Crippen molar-refractivity contribution in [2.45, 2.75) is 25.7 Å². The Morgan fingerprint density at radius 2 is 2.05 bits per heavy atom. The fourth-order valence-corrected chi connectivity index (χ4v) is 2.30. The quantitative estimate of drug-likeness (QED) is 0.651. The fraction of sp³-hybridized carbons (Fsp3) is 0.375. The first-order chi connectivity index (χ1) is 10.7. The van der Waals surface area contributed by atoms with Crippen LogP contribution in [0.25, 0.3) is 10.9 Å². The molecule has 0 aliphatic carbocycles. The van der Waals surface area contributed by atoms with Gasteiger partial charge < -0.3 is 20.8 Å². The third-order valence-corrected chi connectivity index (χ3v) is 3.43. The van der Waals surface area contributed by atoms with Crippen molar-refractivity contribution in [1.82, 2.24) is 10.3 Å². The van der Waals surface area contributed by atoms with Gasteiger partial charge in [-0.15, -0.1) is 0 Å². The highest BCUT2D eigenvalue weighted by molar-refractivity contribution is 5.84. The number of aromatic nitrogens is 1. The molecule has 2 amide bonds. The second kappa shape index (κ2) is 8.07. The summed E-state index contributed by atoms with van der Waals surface area (Å²) in [7, 11) is 0. The van der Waals surface area contributed by atoms with E-state index in [1.807, 2.05) is 24.4 Å². The predicted octanol–water partition coefficient (Wildman–Crippen LogP) is 2.09. The Morgan fingerprint density at radius 3 is 2.86 bits per heavy atom. The highest BCUT2D eigenvalue weighted by Gasteiger charge is 2.06. The molecule has 1 aromatic heterocycles. The van der Waals surface area contributed by atoms with Crippen molar-refractivity contribution in [3.63, 3.8) is 0 Å². The van der Waals surface area contributed by atoms with Gasteiger partial charge in [0, 0.05) is 30.1 Å². The van der Waals surface area contributed by atoms with Crippen molar-refractivity contribution >= 4 is 22.9 Å². The molecule has 22 heavy (non-hydrogen) atoms. The lowest BCUT2D eigenvalue weighted by atomic mass is 10.1. The van der Waals surface area contributed by atoms with E-state index in [2.05, 4.69) is 21.1 Å². The van der Waals surface area contributed by atoms with Crippen LogP contribution in [0.2, 0.25) is 0 Å². The summed E-state index contributed by atoms with van der Waals surface area (Å²) >= 11 is 0. The molecule has 0 aliphatic rings. The summed E-state index contributed by atoms with van der Waals surface area (Å²) in [4.78, 5) is 25.4. The Morgan fingerprint density at radius 1 is 1.23 bits per heavy atom. The summed E-state index contributed by atoms with van der Waals surface area (Å²) in [6.45, 7) is 0.870. The van der Waals surface area contributed by atoms with Crippen LogP contribution in [0.5, 0.6) is 0 Å². The molecule has 0 unspecified atom stereocenters. The Bertz CT molecular complexity index is 636. The zero-order valence-corrected chi connectivity index (χ0v) is 12.4. The van der Waals surface area contributed by atoms with Gasteiger partial charge in [-0.05, 0) is 30.9 Å². The van der Waals surface area contributed by atoms with Crippen molar-refractivity contribution in [2.24, 2.45) is 5.73 Å². The number of rotatable bonds is 8. The van der Waals surface area contributed by atoms with Gasteiger partial charge in [-0.1, -0.05) is 18.2 Å². The Kier molecular flexibility index (Phi) is 5.82. The van der Waals surface area contributed by atoms with Gasteiger partial charge in [-0.3, -0.25) is 4.79 Å². The third-order valence-electron chi connectivity index (χ3n) is 3.43. The van der Waals surface area contributed by atoms with E-state index in [1.165, 1.54) is 5.39 Å². The van der Waals surface area contributed by atoms with Crippen LogP contribution in [0.1, 0.15) is 24.8 Å². The minimum atomic E-state index is -0.761. The van der Waals surface area contributed by atoms with Gasteiger partial charge >= 0.3 is 6.09 Å². The molecule has 2 aromatic rings. The number of fused-ring (bicyclic) bond motifs is 1. The van der Waals surface area contributed by atoms with Crippen LogP contribution < -0.4 is 11.1 Å². The van der Waals surface area contributed by atoms with Gasteiger partial charge in [0.25, 0.3) is 0 Å². The number of benzene rings is 1. The normalized spacial score (nSPS) is 10.5. The summed E-state index contributed by atoms with van der Waals surface area (Å²) in [5, 5.41) is 4.03. The van der Waals surface area contributed by atoms with Gasteiger partial charge in [0.1, 0.15) is 0 Å². The molecular formula is C16H21N3O3. The molecule has 6 heteroatoms. The van der Waals surface area contributed by atoms with E-state index < -0.39 is 6.09 Å². The highest BCUT2D eigenvalue weighted by Crippen LogP contribution is 2.18. The maximum absolute atomic E-state index is 11.8. The van der Waals surface area contributed by atoms with Crippen LogP contribution in [-0.4, -0.2) is 30.1 Å². The number of ether oxygens (including phenoxy) is 1. The molecule has 0 saturated heterocycles. The molecule has 1 aromatic carbocycles. The number of para-hydroxylation sites is 1.